The van der Waals surface area contributed by atoms with Gasteiger partial charge in [-0.05, 0) is 48.4 Å². The van der Waals surface area contributed by atoms with Crippen molar-refractivity contribution < 1.29 is 27.2 Å². The Labute approximate surface area is 165 Å². The highest BCUT2D eigenvalue weighted by Gasteiger charge is 2.40. The third-order valence-corrected chi connectivity index (χ3v) is 5.30. The lowest BCUT2D eigenvalue weighted by Crippen LogP contribution is -2.46. The van der Waals surface area contributed by atoms with Crippen LogP contribution in [0.5, 0.6) is 0 Å². The molecule has 3 rings (SSSR count). The largest absolute Gasteiger partial charge is 0.416 e. The normalized spacial score (nSPS) is 19.9. The van der Waals surface area contributed by atoms with E-state index in [1.807, 2.05) is 0 Å². The molecule has 2 atom stereocenters. The van der Waals surface area contributed by atoms with Crippen LogP contribution in [0.15, 0.2) is 48.5 Å². The number of rotatable bonds is 3. The lowest BCUT2D eigenvalue weighted by Gasteiger charge is -2.40. The molecule has 1 fully saturated rings. The topological polar surface area (TPSA) is 40.6 Å². The Bertz CT molecular complexity index is 894. The van der Waals surface area contributed by atoms with E-state index in [-0.39, 0.29) is 24.7 Å². The molecule has 0 aromatic heterocycles. The number of carbonyl (C=O) groups excluding carboxylic acids is 2. The van der Waals surface area contributed by atoms with Crippen molar-refractivity contribution in [2.75, 3.05) is 19.0 Å². The number of amides is 2. The Morgan fingerprint density at radius 3 is 2.21 bits per heavy atom. The van der Waals surface area contributed by atoms with Gasteiger partial charge in [0.25, 0.3) is 0 Å². The number of benzene rings is 2. The molecule has 2 aromatic carbocycles. The van der Waals surface area contributed by atoms with Gasteiger partial charge < -0.3 is 9.80 Å². The van der Waals surface area contributed by atoms with Gasteiger partial charge in [-0.15, -0.1) is 0 Å². The summed E-state index contributed by atoms with van der Waals surface area (Å²) in [6.45, 7) is 0. The van der Waals surface area contributed by atoms with Gasteiger partial charge in [-0.3, -0.25) is 9.59 Å². The molecule has 4 nitrogen and oxygen atoms in total. The summed E-state index contributed by atoms with van der Waals surface area (Å²) in [4.78, 5) is 28.2. The maximum absolute atomic E-state index is 13.2. The van der Waals surface area contributed by atoms with Crippen LogP contribution in [-0.2, 0) is 15.8 Å². The average molecular weight is 408 g/mol. The zero-order chi connectivity index (χ0) is 21.3. The minimum atomic E-state index is -4.47. The Hall–Kier alpha value is -2.90. The maximum atomic E-state index is 13.2. The predicted molar refractivity (Wildman–Crippen MR) is 99.5 cm³/mol. The number of alkyl halides is 3. The summed E-state index contributed by atoms with van der Waals surface area (Å²) in [5.74, 6) is -1.53. The summed E-state index contributed by atoms with van der Waals surface area (Å²) >= 11 is 0. The molecule has 0 N–H and O–H groups in total. The van der Waals surface area contributed by atoms with Crippen molar-refractivity contribution in [2.24, 2.45) is 5.92 Å². The zero-order valence-corrected chi connectivity index (χ0v) is 15.9. The Balaban J connectivity index is 1.92. The smallest absolute Gasteiger partial charge is 0.338 e. The van der Waals surface area contributed by atoms with Crippen molar-refractivity contribution in [3.8, 4) is 0 Å². The molecule has 0 saturated carbocycles. The van der Waals surface area contributed by atoms with E-state index in [1.165, 1.54) is 46.2 Å². The van der Waals surface area contributed by atoms with Crippen molar-refractivity contribution >= 4 is 17.5 Å². The first-order valence-corrected chi connectivity index (χ1v) is 9.05. The summed E-state index contributed by atoms with van der Waals surface area (Å²) in [6, 6.07) is 9.25. The number of carbonyl (C=O) groups is 2. The van der Waals surface area contributed by atoms with Crippen LogP contribution in [0.1, 0.15) is 30.0 Å². The van der Waals surface area contributed by atoms with Crippen molar-refractivity contribution in [1.82, 2.24) is 4.90 Å². The molecule has 1 heterocycles. The minimum Gasteiger partial charge on any atom is -0.338 e. The summed E-state index contributed by atoms with van der Waals surface area (Å²) in [5, 5.41) is 0. The van der Waals surface area contributed by atoms with E-state index >= 15 is 0 Å². The lowest BCUT2D eigenvalue weighted by molar-refractivity contribution is -0.141. The van der Waals surface area contributed by atoms with E-state index in [0.717, 1.165) is 12.1 Å². The molecule has 0 radical (unpaired) electrons. The van der Waals surface area contributed by atoms with Gasteiger partial charge in [-0.2, -0.15) is 13.2 Å². The highest BCUT2D eigenvalue weighted by atomic mass is 19.4. The van der Waals surface area contributed by atoms with Crippen LogP contribution in [0.2, 0.25) is 0 Å². The first-order valence-electron chi connectivity index (χ1n) is 9.05. The minimum absolute atomic E-state index is 0.168. The van der Waals surface area contributed by atoms with E-state index in [2.05, 4.69) is 0 Å². The Morgan fingerprint density at radius 1 is 1.07 bits per heavy atom. The maximum Gasteiger partial charge on any atom is 0.416 e. The fourth-order valence-electron chi connectivity index (χ4n) is 3.66. The molecule has 154 valence electrons. The van der Waals surface area contributed by atoms with Gasteiger partial charge in [0.05, 0.1) is 17.5 Å². The molecule has 1 aliphatic heterocycles. The zero-order valence-electron chi connectivity index (χ0n) is 15.9. The van der Waals surface area contributed by atoms with Gasteiger partial charge in [-0.1, -0.05) is 12.1 Å². The second-order valence-corrected chi connectivity index (χ2v) is 7.09. The van der Waals surface area contributed by atoms with Gasteiger partial charge in [-0.25, -0.2) is 4.39 Å². The van der Waals surface area contributed by atoms with E-state index < -0.39 is 29.5 Å². The molecule has 2 aromatic rings. The van der Waals surface area contributed by atoms with Crippen LogP contribution >= 0.6 is 0 Å². The Morgan fingerprint density at radius 2 is 1.66 bits per heavy atom. The number of hydrogen-bond donors (Lipinski definition) is 0. The van der Waals surface area contributed by atoms with Gasteiger partial charge in [0, 0.05) is 26.2 Å². The van der Waals surface area contributed by atoms with Crippen molar-refractivity contribution in [3.63, 3.8) is 0 Å². The highest BCUT2D eigenvalue weighted by Crippen LogP contribution is 2.38. The molecule has 29 heavy (non-hydrogen) atoms. The van der Waals surface area contributed by atoms with E-state index in [0.29, 0.717) is 11.3 Å². The molecule has 8 heteroatoms. The van der Waals surface area contributed by atoms with E-state index in [4.69, 9.17) is 0 Å². The summed E-state index contributed by atoms with van der Waals surface area (Å²) < 4.78 is 51.8. The monoisotopic (exact) mass is 408 g/mol. The number of halogens is 4. The third-order valence-electron chi connectivity index (χ3n) is 5.30. The number of piperidine rings is 1. The standard InChI is InChI=1S/C21H20F4N2O2/c1-26(16-9-7-15(22)8-10-16)20(29)17-11-12-18(28)27(2)19(17)13-3-5-14(6-4-13)21(23,24)25/h3-10,17,19H,11-12H2,1-2H3. The third kappa shape index (κ3) is 4.26. The second-order valence-electron chi connectivity index (χ2n) is 7.09. The molecule has 1 aliphatic rings. The number of nitrogens with zero attached hydrogens (tertiary/aromatic N) is 2. The molecule has 1 saturated heterocycles. The van der Waals surface area contributed by atoms with Crippen LogP contribution in [0.4, 0.5) is 23.2 Å². The van der Waals surface area contributed by atoms with E-state index in [1.54, 1.807) is 14.1 Å². The van der Waals surface area contributed by atoms with Crippen LogP contribution in [-0.4, -0.2) is 30.8 Å². The van der Waals surface area contributed by atoms with Gasteiger partial charge >= 0.3 is 6.18 Å². The average Bonchev–Trinajstić information content (AvgIpc) is 2.69. The number of anilines is 1. The second kappa shape index (κ2) is 7.85. The fraction of sp³-hybridized carbons (Fsp3) is 0.333. The van der Waals surface area contributed by atoms with Crippen LogP contribution in [0, 0.1) is 11.7 Å². The summed E-state index contributed by atoms with van der Waals surface area (Å²) in [6.07, 6.45) is -4.02. The van der Waals surface area contributed by atoms with Gasteiger partial charge in [0.15, 0.2) is 0 Å². The fourth-order valence-corrected chi connectivity index (χ4v) is 3.66. The molecule has 2 amide bonds. The van der Waals surface area contributed by atoms with Gasteiger partial charge in [0.1, 0.15) is 5.82 Å². The predicted octanol–water partition coefficient (Wildman–Crippen LogP) is 4.42. The first kappa shape index (κ1) is 20.8. The molecule has 0 spiro atoms. The molecular weight excluding hydrogens is 388 g/mol. The molecular formula is C21H20F4N2O2. The van der Waals surface area contributed by atoms with Gasteiger partial charge in [0.2, 0.25) is 11.8 Å². The summed E-state index contributed by atoms with van der Waals surface area (Å²) in [5.41, 5.74) is 0.152. The lowest BCUT2D eigenvalue weighted by atomic mass is 9.83. The van der Waals surface area contributed by atoms with Crippen molar-refractivity contribution in [3.05, 3.63) is 65.5 Å². The molecule has 0 aliphatic carbocycles. The quantitative estimate of drug-likeness (QED) is 0.706. The number of hydrogen-bond acceptors (Lipinski definition) is 2. The molecule has 2 unspecified atom stereocenters. The van der Waals surface area contributed by atoms with Crippen LogP contribution in [0.25, 0.3) is 0 Å². The first-order chi connectivity index (χ1) is 13.6. The molecule has 0 bridgehead atoms. The Kier molecular flexibility index (Phi) is 5.64. The van der Waals surface area contributed by atoms with Crippen LogP contribution < -0.4 is 4.90 Å². The van der Waals surface area contributed by atoms with Crippen molar-refractivity contribution in [2.45, 2.75) is 25.1 Å². The summed E-state index contributed by atoms with van der Waals surface area (Å²) in [7, 11) is 3.10. The SMILES string of the molecule is CN(C(=O)C1CCC(=O)N(C)C1c1ccc(C(F)(F)F)cc1)c1ccc(F)cc1. The highest BCUT2D eigenvalue weighted by molar-refractivity contribution is 5.96. The van der Waals surface area contributed by atoms with Crippen LogP contribution in [0.3, 0.4) is 0 Å². The number of likely N-dealkylation sites (tertiary alicyclic amines) is 1. The van der Waals surface area contributed by atoms with E-state index in [9.17, 15) is 27.2 Å². The van der Waals surface area contributed by atoms with Crippen molar-refractivity contribution in [1.29, 1.82) is 0 Å².